The summed E-state index contributed by atoms with van der Waals surface area (Å²) in [5.41, 5.74) is 7.27. The lowest BCUT2D eigenvalue weighted by molar-refractivity contribution is 0.968. The summed E-state index contributed by atoms with van der Waals surface area (Å²) in [7, 11) is 0. The summed E-state index contributed by atoms with van der Waals surface area (Å²) < 4.78 is 0. The van der Waals surface area contributed by atoms with Crippen molar-refractivity contribution in [1.29, 1.82) is 0 Å². The van der Waals surface area contributed by atoms with Crippen LogP contribution in [0.2, 0.25) is 10.0 Å². The van der Waals surface area contributed by atoms with Crippen LogP contribution in [0, 0.1) is 0 Å². The number of nitrogens with zero attached hydrogens (tertiary/aromatic N) is 1. The lowest BCUT2D eigenvalue weighted by Gasteiger charge is -2.04. The van der Waals surface area contributed by atoms with Crippen LogP contribution >= 0.6 is 23.2 Å². The first kappa shape index (κ1) is 11.5. The Bertz CT molecular complexity index is 473. The third-order valence-corrected chi connectivity index (χ3v) is 3.02. The van der Waals surface area contributed by atoms with Gasteiger partial charge in [0.25, 0.3) is 0 Å². The largest absolute Gasteiger partial charge is 0.345 e. The topological polar surface area (TPSA) is 54.7 Å². The second-order valence-corrected chi connectivity index (χ2v) is 4.25. The molecule has 1 heterocycles. The van der Waals surface area contributed by atoms with Crippen molar-refractivity contribution in [3.63, 3.8) is 0 Å². The fraction of sp³-hybridized carbons (Fsp3) is 0.182. The average Bonchev–Trinajstić information content (AvgIpc) is 2.71. The Hall–Kier alpha value is -1.03. The van der Waals surface area contributed by atoms with Gasteiger partial charge in [0, 0.05) is 34.9 Å². The normalized spacial score (nSPS) is 10.7. The predicted octanol–water partition coefficient (Wildman–Crippen LogP) is 2.77. The molecule has 3 nitrogen and oxygen atoms in total. The van der Waals surface area contributed by atoms with E-state index in [4.69, 9.17) is 28.9 Å². The van der Waals surface area contributed by atoms with Crippen molar-refractivity contribution in [2.75, 3.05) is 0 Å². The van der Waals surface area contributed by atoms with Crippen molar-refractivity contribution >= 4 is 23.2 Å². The molecular formula is C11H11Cl2N3. The maximum Gasteiger partial charge on any atom is 0.110 e. The number of nitrogens with one attached hydrogen (secondary N) is 1. The fourth-order valence-corrected chi connectivity index (χ4v) is 2.00. The van der Waals surface area contributed by atoms with Gasteiger partial charge in [0.2, 0.25) is 0 Å². The first-order valence-corrected chi connectivity index (χ1v) is 5.62. The zero-order chi connectivity index (χ0) is 11.5. The third-order valence-electron chi connectivity index (χ3n) is 2.31. The quantitative estimate of drug-likeness (QED) is 0.887. The van der Waals surface area contributed by atoms with Gasteiger partial charge in [-0.3, -0.25) is 0 Å². The number of hydrogen-bond acceptors (Lipinski definition) is 2. The fourth-order valence-electron chi connectivity index (χ4n) is 1.47. The third kappa shape index (κ3) is 2.38. The summed E-state index contributed by atoms with van der Waals surface area (Å²) in [6, 6.07) is 5.45. The minimum absolute atomic E-state index is 0.448. The second-order valence-electron chi connectivity index (χ2n) is 3.44. The number of benzene rings is 1. The first-order valence-electron chi connectivity index (χ1n) is 4.86. The number of hydrogen-bond donors (Lipinski definition) is 2. The molecule has 0 aliphatic rings. The number of halogens is 2. The van der Waals surface area contributed by atoms with Crippen LogP contribution in [0.25, 0.3) is 0 Å². The zero-order valence-electron chi connectivity index (χ0n) is 8.50. The Morgan fingerprint density at radius 1 is 1.25 bits per heavy atom. The molecule has 84 valence electrons. The van der Waals surface area contributed by atoms with Gasteiger partial charge in [-0.15, -0.1) is 0 Å². The van der Waals surface area contributed by atoms with Gasteiger partial charge in [-0.1, -0.05) is 29.3 Å². The molecule has 0 saturated heterocycles. The molecule has 1 aromatic heterocycles. The van der Waals surface area contributed by atoms with E-state index < -0.39 is 0 Å². The van der Waals surface area contributed by atoms with E-state index in [1.807, 2.05) is 18.2 Å². The molecule has 0 bridgehead atoms. The van der Waals surface area contributed by atoms with Crippen LogP contribution in [0.4, 0.5) is 0 Å². The number of rotatable bonds is 3. The number of H-pyrrole nitrogens is 1. The zero-order valence-corrected chi connectivity index (χ0v) is 10.0. The van der Waals surface area contributed by atoms with Gasteiger partial charge in [0.15, 0.2) is 0 Å². The standard InChI is InChI=1S/C11H11Cl2N3/c12-9-2-1-3-10(13)8(9)4-11-15-6-7(5-14)16-11/h1-3,6H,4-5,14H2,(H,15,16). The molecule has 0 aliphatic carbocycles. The highest BCUT2D eigenvalue weighted by Gasteiger charge is 2.08. The average molecular weight is 256 g/mol. The monoisotopic (exact) mass is 255 g/mol. The summed E-state index contributed by atoms with van der Waals surface area (Å²) >= 11 is 12.1. The molecule has 2 rings (SSSR count). The van der Waals surface area contributed by atoms with E-state index in [1.165, 1.54) is 0 Å². The lowest BCUT2D eigenvalue weighted by Crippen LogP contribution is -1.97. The van der Waals surface area contributed by atoms with Crippen LogP contribution in [0.5, 0.6) is 0 Å². The maximum atomic E-state index is 6.07. The van der Waals surface area contributed by atoms with Crippen molar-refractivity contribution < 1.29 is 0 Å². The summed E-state index contributed by atoms with van der Waals surface area (Å²) in [4.78, 5) is 7.32. The van der Waals surface area contributed by atoms with E-state index in [1.54, 1.807) is 6.20 Å². The number of aromatic amines is 1. The van der Waals surface area contributed by atoms with Crippen molar-refractivity contribution in [2.45, 2.75) is 13.0 Å². The van der Waals surface area contributed by atoms with Gasteiger partial charge in [-0.05, 0) is 17.7 Å². The smallest absolute Gasteiger partial charge is 0.110 e. The van der Waals surface area contributed by atoms with Crippen molar-refractivity contribution in [3.05, 3.63) is 51.5 Å². The van der Waals surface area contributed by atoms with Crippen LogP contribution in [0.1, 0.15) is 17.1 Å². The van der Waals surface area contributed by atoms with Gasteiger partial charge >= 0.3 is 0 Å². The summed E-state index contributed by atoms with van der Waals surface area (Å²) in [5, 5.41) is 1.30. The highest BCUT2D eigenvalue weighted by Crippen LogP contribution is 2.25. The molecular weight excluding hydrogens is 245 g/mol. The van der Waals surface area contributed by atoms with Crippen LogP contribution in [0.15, 0.2) is 24.4 Å². The van der Waals surface area contributed by atoms with E-state index in [0.717, 1.165) is 17.1 Å². The van der Waals surface area contributed by atoms with Crippen LogP contribution in [-0.2, 0) is 13.0 Å². The minimum Gasteiger partial charge on any atom is -0.345 e. The van der Waals surface area contributed by atoms with Crippen LogP contribution in [0.3, 0.4) is 0 Å². The Morgan fingerprint density at radius 3 is 2.50 bits per heavy atom. The molecule has 5 heteroatoms. The Morgan fingerprint density at radius 2 is 1.94 bits per heavy atom. The van der Waals surface area contributed by atoms with Crippen molar-refractivity contribution in [2.24, 2.45) is 5.73 Å². The molecule has 0 spiro atoms. The van der Waals surface area contributed by atoms with E-state index in [9.17, 15) is 0 Å². The van der Waals surface area contributed by atoms with E-state index >= 15 is 0 Å². The molecule has 0 amide bonds. The maximum absolute atomic E-state index is 6.07. The van der Waals surface area contributed by atoms with Gasteiger partial charge in [-0.25, -0.2) is 4.98 Å². The van der Waals surface area contributed by atoms with Gasteiger partial charge in [-0.2, -0.15) is 0 Å². The molecule has 0 fully saturated rings. The van der Waals surface area contributed by atoms with E-state index in [-0.39, 0.29) is 0 Å². The van der Waals surface area contributed by atoms with Crippen molar-refractivity contribution in [3.8, 4) is 0 Å². The molecule has 1 aromatic carbocycles. The first-order chi connectivity index (χ1) is 7.70. The highest BCUT2D eigenvalue weighted by molar-refractivity contribution is 6.36. The van der Waals surface area contributed by atoms with Crippen molar-refractivity contribution in [1.82, 2.24) is 9.97 Å². The molecule has 0 unspecified atom stereocenters. The van der Waals surface area contributed by atoms with Crippen LogP contribution < -0.4 is 5.73 Å². The SMILES string of the molecule is NCc1cnc(Cc2c(Cl)cccc2Cl)[nH]1. The minimum atomic E-state index is 0.448. The molecule has 0 aliphatic heterocycles. The van der Waals surface area contributed by atoms with Gasteiger partial charge in [0.05, 0.1) is 0 Å². The molecule has 2 aromatic rings. The summed E-state index contributed by atoms with van der Waals surface area (Å²) in [6.45, 7) is 0.448. The van der Waals surface area contributed by atoms with E-state index in [2.05, 4.69) is 9.97 Å². The van der Waals surface area contributed by atoms with Gasteiger partial charge < -0.3 is 10.7 Å². The number of aromatic nitrogens is 2. The Kier molecular flexibility index (Phi) is 3.49. The summed E-state index contributed by atoms with van der Waals surface area (Å²) in [5.74, 6) is 0.815. The Balaban J connectivity index is 2.26. The number of imidazole rings is 1. The van der Waals surface area contributed by atoms with E-state index in [0.29, 0.717) is 23.0 Å². The molecule has 0 atom stereocenters. The Labute approximate surface area is 104 Å². The molecule has 0 saturated carbocycles. The summed E-state index contributed by atoms with van der Waals surface area (Å²) in [6.07, 6.45) is 2.30. The number of nitrogens with two attached hydrogens (primary N) is 1. The highest BCUT2D eigenvalue weighted by atomic mass is 35.5. The van der Waals surface area contributed by atoms with Crippen LogP contribution in [-0.4, -0.2) is 9.97 Å². The second kappa shape index (κ2) is 4.87. The molecule has 16 heavy (non-hydrogen) atoms. The molecule has 0 radical (unpaired) electrons. The lowest BCUT2D eigenvalue weighted by atomic mass is 10.1. The predicted molar refractivity (Wildman–Crippen MR) is 65.7 cm³/mol. The van der Waals surface area contributed by atoms with Gasteiger partial charge in [0.1, 0.15) is 5.82 Å². The molecule has 3 N–H and O–H groups in total.